The molecule has 2 fully saturated rings. The smallest absolute Gasteiger partial charge is 0.239 e. The Morgan fingerprint density at radius 3 is 2.77 bits per heavy atom. The van der Waals surface area contributed by atoms with Crippen LogP contribution in [0.1, 0.15) is 6.42 Å². The summed E-state index contributed by atoms with van der Waals surface area (Å²) in [6.07, 6.45) is 7.00. The third kappa shape index (κ3) is 2.97. The molecule has 132 valence electrons. The minimum absolute atomic E-state index is 0.0153. The molecule has 1 aliphatic carbocycles. The number of nitrogens with one attached hydrogen (secondary N) is 1. The topological polar surface area (TPSA) is 63.1 Å². The predicted molar refractivity (Wildman–Crippen MR) is 101 cm³/mol. The Labute approximate surface area is 151 Å². The highest BCUT2D eigenvalue weighted by Crippen LogP contribution is 2.44. The van der Waals surface area contributed by atoms with Crippen LogP contribution in [-0.4, -0.2) is 45.2 Å². The molecular weight excluding hydrogens is 326 g/mol. The summed E-state index contributed by atoms with van der Waals surface area (Å²) in [7, 11) is 1.91. The van der Waals surface area contributed by atoms with Gasteiger partial charge in [0.05, 0.1) is 12.7 Å². The second kappa shape index (κ2) is 5.92. The summed E-state index contributed by atoms with van der Waals surface area (Å²) < 4.78 is 1.79. The molecule has 2 aromatic heterocycles. The van der Waals surface area contributed by atoms with E-state index >= 15 is 0 Å². The number of anilines is 1. The zero-order valence-corrected chi connectivity index (χ0v) is 14.7. The van der Waals surface area contributed by atoms with Gasteiger partial charge in [-0.3, -0.25) is 14.4 Å². The molecule has 6 heteroatoms. The van der Waals surface area contributed by atoms with Crippen LogP contribution in [0.2, 0.25) is 0 Å². The van der Waals surface area contributed by atoms with Crippen molar-refractivity contribution in [3.8, 4) is 11.1 Å². The zero-order chi connectivity index (χ0) is 17.7. The van der Waals surface area contributed by atoms with Crippen molar-refractivity contribution in [3.63, 3.8) is 0 Å². The molecule has 0 spiro atoms. The second-order valence-electron chi connectivity index (χ2n) is 7.53. The van der Waals surface area contributed by atoms with Crippen LogP contribution in [-0.2, 0) is 11.8 Å². The number of fused-ring (bicyclic) bond motifs is 2. The van der Waals surface area contributed by atoms with E-state index in [-0.39, 0.29) is 5.91 Å². The maximum absolute atomic E-state index is 12.3. The number of nitrogens with zero attached hydrogens (tertiary/aromatic N) is 4. The lowest BCUT2D eigenvalue weighted by Crippen LogP contribution is -2.32. The Morgan fingerprint density at radius 2 is 2.00 bits per heavy atom. The number of piperidine rings is 1. The van der Waals surface area contributed by atoms with Crippen LogP contribution >= 0.6 is 0 Å². The summed E-state index contributed by atoms with van der Waals surface area (Å²) in [5, 5.41) is 9.28. The summed E-state index contributed by atoms with van der Waals surface area (Å²) >= 11 is 0. The molecule has 1 saturated heterocycles. The SMILES string of the molecule is Cn1cc(-c2ccc3cnc(NC(=O)CN4CC5C[C@@H]5C4)cc3c2)cn1. The minimum Gasteiger partial charge on any atom is -0.310 e. The molecule has 1 saturated carbocycles. The molecule has 2 aliphatic rings. The number of amides is 1. The van der Waals surface area contributed by atoms with E-state index < -0.39 is 0 Å². The molecule has 1 N–H and O–H groups in total. The third-order valence-electron chi connectivity index (χ3n) is 5.45. The van der Waals surface area contributed by atoms with E-state index in [9.17, 15) is 4.79 Å². The average Bonchev–Trinajstić information content (AvgIpc) is 3.01. The molecule has 1 amide bonds. The molecule has 1 aromatic carbocycles. The number of pyridine rings is 1. The standard InChI is InChI=1S/C20H21N5O/c1-24-9-18(8-22-24)13-2-3-14-7-21-19(6-15(14)4-13)23-20(26)12-25-10-16-5-17(16)11-25/h2-4,6-9,16-17H,5,10-12H2,1H3,(H,21,23,26)/t16-,17?/m1/s1. The number of aryl methyl sites for hydroxylation is 1. The van der Waals surface area contributed by atoms with Crippen LogP contribution < -0.4 is 5.32 Å². The van der Waals surface area contributed by atoms with E-state index in [0.717, 1.165) is 46.8 Å². The maximum atomic E-state index is 12.3. The summed E-state index contributed by atoms with van der Waals surface area (Å²) in [5.74, 6) is 2.30. The van der Waals surface area contributed by atoms with Gasteiger partial charge in [0.1, 0.15) is 5.82 Å². The zero-order valence-electron chi connectivity index (χ0n) is 14.7. The highest BCUT2D eigenvalue weighted by Gasteiger charge is 2.45. The minimum atomic E-state index is 0.0153. The summed E-state index contributed by atoms with van der Waals surface area (Å²) in [5.41, 5.74) is 2.18. The van der Waals surface area contributed by atoms with Gasteiger partial charge in [0.2, 0.25) is 5.91 Å². The molecule has 6 nitrogen and oxygen atoms in total. The van der Waals surface area contributed by atoms with Gasteiger partial charge in [0.25, 0.3) is 0 Å². The highest BCUT2D eigenvalue weighted by atomic mass is 16.2. The monoisotopic (exact) mass is 347 g/mol. The molecule has 2 atom stereocenters. The Hall–Kier alpha value is -2.73. The number of carbonyl (C=O) groups excluding carboxylic acids is 1. The average molecular weight is 347 g/mol. The van der Waals surface area contributed by atoms with Crippen LogP contribution in [0.3, 0.4) is 0 Å². The quantitative estimate of drug-likeness (QED) is 0.788. The molecule has 1 unspecified atom stereocenters. The van der Waals surface area contributed by atoms with Gasteiger partial charge >= 0.3 is 0 Å². The van der Waals surface area contributed by atoms with Crippen LogP contribution in [0.25, 0.3) is 21.9 Å². The summed E-state index contributed by atoms with van der Waals surface area (Å²) in [6, 6.07) is 8.16. The van der Waals surface area contributed by atoms with Crippen LogP contribution in [0, 0.1) is 11.8 Å². The fourth-order valence-corrected chi connectivity index (χ4v) is 3.97. The first-order valence-electron chi connectivity index (χ1n) is 9.05. The van der Waals surface area contributed by atoms with E-state index in [4.69, 9.17) is 0 Å². The number of aromatic nitrogens is 3. The Bertz CT molecular complexity index is 985. The number of rotatable bonds is 4. The lowest BCUT2D eigenvalue weighted by Gasteiger charge is -2.16. The van der Waals surface area contributed by atoms with E-state index in [1.165, 1.54) is 6.42 Å². The number of hydrogen-bond acceptors (Lipinski definition) is 4. The molecule has 0 radical (unpaired) electrons. The Balaban J connectivity index is 1.33. The molecule has 5 rings (SSSR count). The van der Waals surface area contributed by atoms with Crippen LogP contribution in [0.15, 0.2) is 42.9 Å². The van der Waals surface area contributed by atoms with Crippen molar-refractivity contribution in [2.75, 3.05) is 25.0 Å². The third-order valence-corrected chi connectivity index (χ3v) is 5.45. The van der Waals surface area contributed by atoms with Crippen molar-refractivity contribution in [1.29, 1.82) is 0 Å². The Morgan fingerprint density at radius 1 is 1.15 bits per heavy atom. The number of benzene rings is 1. The van der Waals surface area contributed by atoms with Gasteiger partial charge in [-0.05, 0) is 41.3 Å². The molecule has 1 aliphatic heterocycles. The first-order chi connectivity index (χ1) is 12.6. The number of hydrogen-bond donors (Lipinski definition) is 1. The summed E-state index contributed by atoms with van der Waals surface area (Å²) in [6.45, 7) is 2.60. The lowest BCUT2D eigenvalue weighted by atomic mass is 10.1. The van der Waals surface area contributed by atoms with E-state index in [0.29, 0.717) is 12.4 Å². The molecule has 0 bridgehead atoms. The van der Waals surface area contributed by atoms with Crippen molar-refractivity contribution in [3.05, 3.63) is 42.9 Å². The highest BCUT2D eigenvalue weighted by molar-refractivity contribution is 5.94. The largest absolute Gasteiger partial charge is 0.310 e. The van der Waals surface area contributed by atoms with Crippen LogP contribution in [0.5, 0.6) is 0 Å². The van der Waals surface area contributed by atoms with Crippen molar-refractivity contribution >= 4 is 22.5 Å². The fraction of sp³-hybridized carbons (Fsp3) is 0.350. The Kier molecular flexibility index (Phi) is 3.53. The summed E-state index contributed by atoms with van der Waals surface area (Å²) in [4.78, 5) is 18.9. The molecule has 26 heavy (non-hydrogen) atoms. The number of likely N-dealkylation sites (tertiary alicyclic amines) is 1. The van der Waals surface area contributed by atoms with E-state index in [2.05, 4.69) is 32.4 Å². The first-order valence-corrected chi connectivity index (χ1v) is 9.05. The normalized spacial score (nSPS) is 21.7. The van der Waals surface area contributed by atoms with E-state index in [1.807, 2.05) is 37.8 Å². The van der Waals surface area contributed by atoms with Crippen molar-refractivity contribution < 1.29 is 4.79 Å². The molecular formula is C20H21N5O. The lowest BCUT2D eigenvalue weighted by molar-refractivity contribution is -0.117. The van der Waals surface area contributed by atoms with Crippen LogP contribution in [0.4, 0.5) is 5.82 Å². The van der Waals surface area contributed by atoms with Gasteiger partial charge in [-0.1, -0.05) is 12.1 Å². The van der Waals surface area contributed by atoms with Gasteiger partial charge < -0.3 is 5.32 Å². The van der Waals surface area contributed by atoms with Crippen molar-refractivity contribution in [2.45, 2.75) is 6.42 Å². The van der Waals surface area contributed by atoms with Gasteiger partial charge in [-0.15, -0.1) is 0 Å². The van der Waals surface area contributed by atoms with Crippen molar-refractivity contribution in [2.24, 2.45) is 18.9 Å². The van der Waals surface area contributed by atoms with Gasteiger partial charge in [-0.25, -0.2) is 4.98 Å². The maximum Gasteiger partial charge on any atom is 0.239 e. The molecule has 3 heterocycles. The molecule has 3 aromatic rings. The fourth-order valence-electron chi connectivity index (χ4n) is 3.97. The van der Waals surface area contributed by atoms with Gasteiger partial charge in [0.15, 0.2) is 0 Å². The van der Waals surface area contributed by atoms with E-state index in [1.54, 1.807) is 4.68 Å². The van der Waals surface area contributed by atoms with Crippen molar-refractivity contribution in [1.82, 2.24) is 19.7 Å². The first kappa shape index (κ1) is 15.5. The predicted octanol–water partition coefficient (Wildman–Crippen LogP) is 2.53. The van der Waals surface area contributed by atoms with Gasteiger partial charge in [-0.2, -0.15) is 5.10 Å². The second-order valence-corrected chi connectivity index (χ2v) is 7.53. The number of carbonyl (C=O) groups is 1. The van der Waals surface area contributed by atoms with Gasteiger partial charge in [0, 0.05) is 43.5 Å².